The highest BCUT2D eigenvalue weighted by molar-refractivity contribution is 7.98. The zero-order chi connectivity index (χ0) is 33.2. The fourth-order valence-corrected chi connectivity index (χ4v) is 7.17. The Balaban J connectivity index is 1.68. The Morgan fingerprint density at radius 3 is 2.38 bits per heavy atom. The van der Waals surface area contributed by atoms with Gasteiger partial charge in [-0.1, -0.05) is 43.3 Å². The number of halogens is 4. The summed E-state index contributed by atoms with van der Waals surface area (Å²) in [5, 5.41) is 0.823. The molecule has 1 aromatic heterocycles. The van der Waals surface area contributed by atoms with Crippen molar-refractivity contribution in [3.05, 3.63) is 100 Å². The summed E-state index contributed by atoms with van der Waals surface area (Å²) >= 11 is 7.29. The van der Waals surface area contributed by atoms with Gasteiger partial charge < -0.3 is 9.22 Å². The molecule has 0 fully saturated rings. The zero-order valence-corrected chi connectivity index (χ0v) is 28.4. The number of sulfonamides is 1. The third-order valence-electron chi connectivity index (χ3n) is 7.41. The molecule has 242 valence electrons. The summed E-state index contributed by atoms with van der Waals surface area (Å²) in [4.78, 5) is 3.96. The molecular formula is C32H37ClF3N4O3S2+. The second-order valence-corrected chi connectivity index (χ2v) is 15.2. The molecule has 0 saturated carbocycles. The molecule has 0 unspecified atom stereocenters. The first-order valence-corrected chi connectivity index (χ1v) is 17.0. The maximum atomic E-state index is 15.7. The minimum Gasteiger partial charge on any atom is -0.495 e. The number of rotatable bonds is 13. The Hall–Kier alpha value is -3.03. The summed E-state index contributed by atoms with van der Waals surface area (Å²) in [5.41, 5.74) is 1.06. The molecule has 0 bridgehead atoms. The number of quaternary nitrogens is 1. The number of benzene rings is 3. The summed E-state index contributed by atoms with van der Waals surface area (Å²) in [6.45, 7) is 4.78. The van der Waals surface area contributed by atoms with Gasteiger partial charge in [0.05, 0.1) is 51.7 Å². The van der Waals surface area contributed by atoms with Crippen LogP contribution in [0.5, 0.6) is 5.75 Å². The Kier molecular flexibility index (Phi) is 10.7. The molecule has 0 spiro atoms. The molecule has 0 radical (unpaired) electrons. The lowest BCUT2D eigenvalue weighted by atomic mass is 9.81. The maximum Gasteiger partial charge on any atom is 0.243 e. The molecule has 7 nitrogen and oxygen atoms in total. The van der Waals surface area contributed by atoms with Gasteiger partial charge in [-0.2, -0.15) is 0 Å². The molecule has 13 heteroatoms. The SMILES string of the molecule is COc1cc(C(C)(C)c2cnc(SCc3c(F)ccc(S(=O)(=O)NCCC[N+](C)(C)C)c3F)n2-c2ccc(F)cc2)ccc1Cl. The third kappa shape index (κ3) is 8.04. The highest BCUT2D eigenvalue weighted by Crippen LogP contribution is 2.39. The van der Waals surface area contributed by atoms with Crippen LogP contribution in [0.25, 0.3) is 5.69 Å². The van der Waals surface area contributed by atoms with Crippen LogP contribution in [-0.2, 0) is 21.2 Å². The van der Waals surface area contributed by atoms with Crippen molar-refractivity contribution < 1.29 is 30.8 Å². The van der Waals surface area contributed by atoms with Crippen molar-refractivity contribution in [1.82, 2.24) is 14.3 Å². The number of imidazole rings is 1. The van der Waals surface area contributed by atoms with Crippen molar-refractivity contribution in [3.8, 4) is 11.4 Å². The first-order chi connectivity index (χ1) is 21.0. The van der Waals surface area contributed by atoms with Crippen LogP contribution in [0, 0.1) is 17.5 Å². The number of hydrogen-bond acceptors (Lipinski definition) is 5. The quantitative estimate of drug-likeness (QED) is 0.0940. The Bertz CT molecular complexity index is 1770. The fourth-order valence-electron chi connectivity index (χ4n) is 4.80. The van der Waals surface area contributed by atoms with E-state index in [2.05, 4.69) is 9.71 Å². The lowest BCUT2D eigenvalue weighted by Gasteiger charge is -2.28. The highest BCUT2D eigenvalue weighted by Gasteiger charge is 2.31. The van der Waals surface area contributed by atoms with E-state index in [9.17, 15) is 17.2 Å². The van der Waals surface area contributed by atoms with Crippen LogP contribution in [-0.4, -0.2) is 63.8 Å². The number of ether oxygens (including phenoxy) is 1. The van der Waals surface area contributed by atoms with Crippen LogP contribution >= 0.6 is 23.4 Å². The minimum absolute atomic E-state index is 0.117. The van der Waals surface area contributed by atoms with Gasteiger partial charge in [0.15, 0.2) is 5.16 Å². The van der Waals surface area contributed by atoms with Gasteiger partial charge in [-0.25, -0.2) is 31.3 Å². The second kappa shape index (κ2) is 13.8. The van der Waals surface area contributed by atoms with Crippen LogP contribution in [0.3, 0.4) is 0 Å². The van der Waals surface area contributed by atoms with Crippen molar-refractivity contribution in [2.24, 2.45) is 0 Å². The monoisotopic (exact) mass is 681 g/mol. The first kappa shape index (κ1) is 34.8. The van der Waals surface area contributed by atoms with Crippen molar-refractivity contribution in [2.75, 3.05) is 41.3 Å². The minimum atomic E-state index is -4.22. The third-order valence-corrected chi connectivity index (χ3v) is 10.2. The van der Waals surface area contributed by atoms with E-state index in [0.29, 0.717) is 44.8 Å². The summed E-state index contributed by atoms with van der Waals surface area (Å²) in [6, 6.07) is 13.1. The molecule has 0 aliphatic rings. The van der Waals surface area contributed by atoms with Gasteiger partial charge >= 0.3 is 0 Å². The van der Waals surface area contributed by atoms with Gasteiger partial charge in [0.25, 0.3) is 0 Å². The summed E-state index contributed by atoms with van der Waals surface area (Å²) in [5.74, 6) is -2.22. The van der Waals surface area contributed by atoms with Crippen LogP contribution in [0.1, 0.15) is 37.1 Å². The van der Waals surface area contributed by atoms with E-state index < -0.39 is 43.3 Å². The number of thioether (sulfide) groups is 1. The average Bonchev–Trinajstić information content (AvgIpc) is 3.40. The Morgan fingerprint density at radius 2 is 1.73 bits per heavy atom. The molecule has 0 saturated heterocycles. The van der Waals surface area contributed by atoms with E-state index in [4.69, 9.17) is 16.3 Å². The van der Waals surface area contributed by atoms with Gasteiger partial charge in [0.1, 0.15) is 28.1 Å². The smallest absolute Gasteiger partial charge is 0.243 e. The van der Waals surface area contributed by atoms with Gasteiger partial charge in [0, 0.05) is 35.4 Å². The van der Waals surface area contributed by atoms with Crippen molar-refractivity contribution in [2.45, 2.75) is 41.5 Å². The van der Waals surface area contributed by atoms with Gasteiger partial charge in [0.2, 0.25) is 10.0 Å². The summed E-state index contributed by atoms with van der Waals surface area (Å²) in [6.07, 6.45) is 2.20. The molecular weight excluding hydrogens is 645 g/mol. The molecule has 1 heterocycles. The van der Waals surface area contributed by atoms with E-state index in [1.807, 2.05) is 47.1 Å². The molecule has 0 amide bonds. The number of nitrogens with one attached hydrogen (secondary N) is 1. The molecule has 4 rings (SSSR count). The molecule has 1 N–H and O–H groups in total. The Morgan fingerprint density at radius 1 is 1.04 bits per heavy atom. The first-order valence-electron chi connectivity index (χ1n) is 14.1. The number of nitrogens with zero attached hydrogens (tertiary/aromatic N) is 3. The molecule has 0 aliphatic heterocycles. The normalized spacial score (nSPS) is 12.5. The van der Waals surface area contributed by atoms with E-state index in [1.54, 1.807) is 29.0 Å². The average molecular weight is 682 g/mol. The standard InChI is InChI=1S/C32H37ClF3N4O3S2/c1-32(2,21-8-13-25(33)27(18-21)43-6)29-19-37-31(39(29)23-11-9-22(34)10-12-23)44-20-24-26(35)14-15-28(30(24)36)45(41,42)38-16-7-17-40(3,4)5/h8-15,18-19,38H,7,16-17,20H2,1-6H3/q+1. The second-order valence-electron chi connectivity index (χ2n) is 12.1. The van der Waals surface area contributed by atoms with Gasteiger partial charge in [-0.05, 0) is 54.1 Å². The lowest BCUT2D eigenvalue weighted by Crippen LogP contribution is -2.37. The summed E-state index contributed by atoms with van der Waals surface area (Å²) < 4.78 is 80.7. The van der Waals surface area contributed by atoms with Crippen molar-refractivity contribution in [1.29, 1.82) is 0 Å². The lowest BCUT2D eigenvalue weighted by molar-refractivity contribution is -0.870. The molecule has 0 aliphatic carbocycles. The van der Waals surface area contributed by atoms with Crippen LogP contribution in [0.4, 0.5) is 13.2 Å². The van der Waals surface area contributed by atoms with E-state index in [-0.39, 0.29) is 12.3 Å². The predicted molar refractivity (Wildman–Crippen MR) is 172 cm³/mol. The highest BCUT2D eigenvalue weighted by atomic mass is 35.5. The summed E-state index contributed by atoms with van der Waals surface area (Å²) in [7, 11) is 3.25. The van der Waals surface area contributed by atoms with E-state index >= 15 is 4.39 Å². The zero-order valence-electron chi connectivity index (χ0n) is 26.0. The van der Waals surface area contributed by atoms with Crippen LogP contribution in [0.15, 0.2) is 70.8 Å². The predicted octanol–water partition coefficient (Wildman–Crippen LogP) is 6.94. The fraction of sp³-hybridized carbons (Fsp3) is 0.344. The van der Waals surface area contributed by atoms with Crippen molar-refractivity contribution in [3.63, 3.8) is 0 Å². The van der Waals surface area contributed by atoms with Crippen molar-refractivity contribution >= 4 is 33.4 Å². The van der Waals surface area contributed by atoms with E-state index in [1.165, 1.54) is 19.2 Å². The topological polar surface area (TPSA) is 73.2 Å². The molecule has 4 aromatic rings. The van der Waals surface area contributed by atoms with Gasteiger partial charge in [-0.3, -0.25) is 4.57 Å². The maximum absolute atomic E-state index is 15.7. The molecule has 3 aromatic carbocycles. The van der Waals surface area contributed by atoms with Crippen LogP contribution in [0.2, 0.25) is 5.02 Å². The number of aromatic nitrogens is 2. The molecule has 45 heavy (non-hydrogen) atoms. The number of methoxy groups -OCH3 is 1. The number of hydrogen-bond donors (Lipinski definition) is 1. The van der Waals surface area contributed by atoms with Crippen LogP contribution < -0.4 is 9.46 Å². The molecule has 0 atom stereocenters. The Labute approximate surface area is 272 Å². The van der Waals surface area contributed by atoms with E-state index in [0.717, 1.165) is 29.5 Å². The largest absolute Gasteiger partial charge is 0.495 e. The van der Waals surface area contributed by atoms with Gasteiger partial charge in [-0.15, -0.1) is 0 Å².